The van der Waals surface area contributed by atoms with E-state index in [9.17, 15) is 24.8 Å². The molecule has 0 aliphatic carbocycles. The van der Waals surface area contributed by atoms with Crippen molar-refractivity contribution in [1.29, 1.82) is 0 Å². The first-order chi connectivity index (χ1) is 18.7. The number of aromatic nitrogens is 1. The molecule has 2 aromatic carbocycles. The third-order valence-electron chi connectivity index (χ3n) is 6.27. The number of carbonyl (C=O) groups is 1. The van der Waals surface area contributed by atoms with Crippen LogP contribution in [0.1, 0.15) is 36.8 Å². The molecule has 11 heteroatoms. The maximum Gasteiger partial charge on any atom is 0.338 e. The molecule has 10 nitrogen and oxygen atoms in total. The van der Waals surface area contributed by atoms with Crippen LogP contribution in [-0.4, -0.2) is 27.2 Å². The summed E-state index contributed by atoms with van der Waals surface area (Å²) in [7, 11) is 0. The Morgan fingerprint density at radius 1 is 1.21 bits per heavy atom. The monoisotopic (exact) mass is 545 g/mol. The number of nitrogens with zero attached hydrogens (tertiary/aromatic N) is 3. The summed E-state index contributed by atoms with van der Waals surface area (Å²) in [6, 6.07) is 13.6. The normalized spacial score (nSPS) is 15.2. The predicted molar refractivity (Wildman–Crippen MR) is 144 cm³/mol. The van der Waals surface area contributed by atoms with Crippen molar-refractivity contribution in [3.05, 3.63) is 113 Å². The molecule has 1 aliphatic heterocycles. The number of aryl methyl sites for hydroxylation is 1. The van der Waals surface area contributed by atoms with Gasteiger partial charge in [0.25, 0.3) is 11.2 Å². The molecule has 1 atom stereocenters. The summed E-state index contributed by atoms with van der Waals surface area (Å²) in [5.41, 5.74) is 2.13. The Balaban J connectivity index is 1.62. The van der Waals surface area contributed by atoms with Crippen molar-refractivity contribution in [2.45, 2.75) is 26.8 Å². The van der Waals surface area contributed by atoms with Gasteiger partial charge in [-0.25, -0.2) is 9.79 Å². The molecule has 5 rings (SSSR count). The minimum atomic E-state index is -0.725. The standard InChI is InChI=1S/C28H23N3O7S/c1-4-37-27(34)24-16(3)29-28-30(25(24)17-7-5-15(2)6-8-17)26(33)23(39-28)14-19-10-12-22(38-19)20-13-18(31(35)36)9-11-21(20)32/h5-14,25,32H,4H2,1-3H3/b23-14+/t25-/m0/s1. The summed E-state index contributed by atoms with van der Waals surface area (Å²) in [5, 5.41) is 21.4. The molecule has 0 saturated heterocycles. The van der Waals surface area contributed by atoms with Gasteiger partial charge in [-0.1, -0.05) is 41.2 Å². The van der Waals surface area contributed by atoms with Crippen LogP contribution < -0.4 is 14.9 Å². The highest BCUT2D eigenvalue weighted by Gasteiger charge is 2.33. The zero-order chi connectivity index (χ0) is 27.8. The molecule has 0 saturated carbocycles. The van der Waals surface area contributed by atoms with E-state index in [1.807, 2.05) is 31.2 Å². The largest absolute Gasteiger partial charge is 0.507 e. The van der Waals surface area contributed by atoms with E-state index in [2.05, 4.69) is 4.99 Å². The van der Waals surface area contributed by atoms with Gasteiger partial charge in [0.1, 0.15) is 17.3 Å². The van der Waals surface area contributed by atoms with Gasteiger partial charge < -0.3 is 14.3 Å². The Hall–Kier alpha value is -4.77. The molecular weight excluding hydrogens is 522 g/mol. The van der Waals surface area contributed by atoms with Gasteiger partial charge in [-0.05, 0) is 44.5 Å². The number of aromatic hydroxyl groups is 1. The predicted octanol–water partition coefficient (Wildman–Crippen LogP) is 3.98. The molecule has 0 spiro atoms. The van der Waals surface area contributed by atoms with Crippen LogP contribution in [0.3, 0.4) is 0 Å². The number of hydrogen-bond acceptors (Lipinski definition) is 9. The number of phenolic OH excluding ortho intramolecular Hbond substituents is 1. The van der Waals surface area contributed by atoms with E-state index in [-0.39, 0.29) is 34.9 Å². The van der Waals surface area contributed by atoms with Gasteiger partial charge in [-0.2, -0.15) is 0 Å². The van der Waals surface area contributed by atoms with Crippen molar-refractivity contribution in [2.75, 3.05) is 6.61 Å². The maximum atomic E-state index is 13.7. The summed E-state index contributed by atoms with van der Waals surface area (Å²) in [4.78, 5) is 42.2. The highest BCUT2D eigenvalue weighted by molar-refractivity contribution is 7.07. The van der Waals surface area contributed by atoms with Gasteiger partial charge >= 0.3 is 5.97 Å². The highest BCUT2D eigenvalue weighted by atomic mass is 32.1. The van der Waals surface area contributed by atoms with E-state index in [1.165, 1.54) is 28.8 Å². The Morgan fingerprint density at radius 3 is 2.64 bits per heavy atom. The lowest BCUT2D eigenvalue weighted by Crippen LogP contribution is -2.39. The van der Waals surface area contributed by atoms with Crippen molar-refractivity contribution in [3.8, 4) is 17.1 Å². The number of furan rings is 1. The average Bonchev–Trinajstić information content (AvgIpc) is 3.48. The summed E-state index contributed by atoms with van der Waals surface area (Å²) < 4.78 is 12.9. The molecule has 0 unspecified atom stereocenters. The summed E-state index contributed by atoms with van der Waals surface area (Å²) in [5.74, 6) is -0.213. The summed E-state index contributed by atoms with van der Waals surface area (Å²) in [6.45, 7) is 5.57. The molecule has 0 bridgehead atoms. The number of ether oxygens (including phenoxy) is 1. The number of benzene rings is 2. The number of hydrogen-bond donors (Lipinski definition) is 1. The van der Waals surface area contributed by atoms with E-state index >= 15 is 0 Å². The van der Waals surface area contributed by atoms with Crippen LogP contribution in [0, 0.1) is 17.0 Å². The first-order valence-corrected chi connectivity index (χ1v) is 12.8. The van der Waals surface area contributed by atoms with Crippen molar-refractivity contribution in [3.63, 3.8) is 0 Å². The average molecular weight is 546 g/mol. The molecular formula is C28H23N3O7S. The minimum absolute atomic E-state index is 0.152. The molecule has 0 radical (unpaired) electrons. The lowest BCUT2D eigenvalue weighted by molar-refractivity contribution is -0.384. The first-order valence-electron chi connectivity index (χ1n) is 12.0. The van der Waals surface area contributed by atoms with Crippen LogP contribution in [-0.2, 0) is 9.53 Å². The third-order valence-corrected chi connectivity index (χ3v) is 7.25. The second-order valence-electron chi connectivity index (χ2n) is 8.87. The number of esters is 1. The van der Waals surface area contributed by atoms with E-state index in [4.69, 9.17) is 9.15 Å². The number of phenols is 1. The van der Waals surface area contributed by atoms with E-state index in [0.29, 0.717) is 26.4 Å². The lowest BCUT2D eigenvalue weighted by atomic mass is 9.95. The molecule has 198 valence electrons. The smallest absolute Gasteiger partial charge is 0.338 e. The number of rotatable bonds is 6. The second-order valence-corrected chi connectivity index (χ2v) is 9.88. The fourth-order valence-electron chi connectivity index (χ4n) is 4.39. The Bertz CT molecular complexity index is 1830. The Labute approximate surface area is 225 Å². The van der Waals surface area contributed by atoms with Gasteiger partial charge in [0.2, 0.25) is 0 Å². The SMILES string of the molecule is CCOC(=O)C1=C(C)N=c2s/c(=C/c3ccc(-c4cc([N+](=O)[O-])ccc4O)o3)c(=O)n2[C@H]1c1ccc(C)cc1. The molecule has 4 aromatic rings. The highest BCUT2D eigenvalue weighted by Crippen LogP contribution is 2.34. The number of allylic oxidation sites excluding steroid dienone is 1. The fourth-order valence-corrected chi connectivity index (χ4v) is 5.42. The van der Waals surface area contributed by atoms with Crippen LogP contribution in [0.2, 0.25) is 0 Å². The number of carbonyl (C=O) groups excluding carboxylic acids is 1. The van der Waals surface area contributed by atoms with Gasteiger partial charge in [0, 0.05) is 18.2 Å². The zero-order valence-corrected chi connectivity index (χ0v) is 22.0. The van der Waals surface area contributed by atoms with Gasteiger partial charge in [-0.3, -0.25) is 19.5 Å². The van der Waals surface area contributed by atoms with Crippen molar-refractivity contribution >= 4 is 29.1 Å². The van der Waals surface area contributed by atoms with Gasteiger partial charge in [0.05, 0.1) is 38.9 Å². The van der Waals surface area contributed by atoms with E-state index in [1.54, 1.807) is 26.0 Å². The van der Waals surface area contributed by atoms with Gasteiger partial charge in [0.15, 0.2) is 4.80 Å². The maximum absolute atomic E-state index is 13.7. The first kappa shape index (κ1) is 25.9. The fraction of sp³-hybridized carbons (Fsp3) is 0.179. The quantitative estimate of drug-likeness (QED) is 0.220. The molecule has 2 aromatic heterocycles. The number of nitro groups is 1. The molecule has 1 aliphatic rings. The van der Waals surface area contributed by atoms with Crippen LogP contribution in [0.4, 0.5) is 5.69 Å². The molecule has 1 N–H and O–H groups in total. The molecule has 39 heavy (non-hydrogen) atoms. The van der Waals surface area contributed by atoms with Crippen LogP contribution >= 0.6 is 11.3 Å². The van der Waals surface area contributed by atoms with Crippen molar-refractivity contribution in [2.24, 2.45) is 4.99 Å². The van der Waals surface area contributed by atoms with E-state index in [0.717, 1.165) is 22.5 Å². The number of nitro benzene ring substituents is 1. The van der Waals surface area contributed by atoms with Crippen LogP contribution in [0.25, 0.3) is 17.4 Å². The lowest BCUT2D eigenvalue weighted by Gasteiger charge is -2.24. The third kappa shape index (κ3) is 4.79. The summed E-state index contributed by atoms with van der Waals surface area (Å²) in [6.07, 6.45) is 1.54. The number of fused-ring (bicyclic) bond motifs is 1. The molecule has 0 amide bonds. The van der Waals surface area contributed by atoms with Crippen molar-refractivity contribution in [1.82, 2.24) is 4.57 Å². The number of thiazole rings is 1. The second kappa shape index (κ2) is 10.2. The topological polar surface area (TPSA) is 137 Å². The number of non-ortho nitro benzene ring substituents is 1. The summed E-state index contributed by atoms with van der Waals surface area (Å²) >= 11 is 1.15. The van der Waals surface area contributed by atoms with Gasteiger partial charge in [-0.15, -0.1) is 0 Å². The zero-order valence-electron chi connectivity index (χ0n) is 21.2. The Kier molecular flexibility index (Phi) is 6.75. The molecule has 3 heterocycles. The van der Waals surface area contributed by atoms with Crippen molar-refractivity contribution < 1.29 is 24.0 Å². The Morgan fingerprint density at radius 2 is 1.95 bits per heavy atom. The van der Waals surface area contributed by atoms with Crippen LogP contribution in [0.15, 0.2) is 80.1 Å². The van der Waals surface area contributed by atoms with E-state index < -0.39 is 16.9 Å². The minimum Gasteiger partial charge on any atom is -0.507 e. The van der Waals surface area contributed by atoms with Crippen LogP contribution in [0.5, 0.6) is 5.75 Å². The molecule has 0 fully saturated rings.